The molecule has 0 spiro atoms. The second kappa shape index (κ2) is 7.90. The lowest BCUT2D eigenvalue weighted by molar-refractivity contribution is 0.515. The molecule has 4 rings (SSSR count). The highest BCUT2D eigenvalue weighted by Crippen LogP contribution is 2.34. The normalized spacial score (nSPS) is 19.6. The summed E-state index contributed by atoms with van der Waals surface area (Å²) in [6, 6.07) is 2.04. The predicted octanol–water partition coefficient (Wildman–Crippen LogP) is 5.03. The van der Waals surface area contributed by atoms with E-state index in [2.05, 4.69) is 17.1 Å². The average molecular weight is 357 g/mol. The molecule has 2 heterocycles. The molecule has 0 atom stereocenters. The Balaban J connectivity index is 1.54. The number of hydrogen-bond donors (Lipinski definition) is 0. The van der Waals surface area contributed by atoms with Crippen LogP contribution in [0.1, 0.15) is 63.5 Å². The molecule has 2 aliphatic carbocycles. The molecule has 2 fully saturated rings. The molecule has 25 heavy (non-hydrogen) atoms. The third-order valence-corrected chi connectivity index (χ3v) is 6.96. The molecule has 2 aliphatic rings. The van der Waals surface area contributed by atoms with Gasteiger partial charge in [-0.15, -0.1) is 0 Å². The fraction of sp³-hybridized carbons (Fsp3) is 0.650. The highest BCUT2D eigenvalue weighted by atomic mass is 32.2. The number of aryl methyl sites for hydroxylation is 1. The molecule has 5 heteroatoms. The minimum Gasteiger partial charge on any atom is -0.272 e. The molecular formula is C20H28N4S. The smallest absolute Gasteiger partial charge is 0.188 e. The van der Waals surface area contributed by atoms with Gasteiger partial charge in [0, 0.05) is 29.8 Å². The SMILES string of the molecule is Cn1ncc(-c2ccnc(SC3CCCCC3)n2)c1CC1CCCC1. The van der Waals surface area contributed by atoms with Crippen LogP contribution in [0.5, 0.6) is 0 Å². The first-order valence-corrected chi connectivity index (χ1v) is 10.7. The molecule has 0 aliphatic heterocycles. The molecule has 0 unspecified atom stereocenters. The van der Waals surface area contributed by atoms with Crippen LogP contribution in [0.4, 0.5) is 0 Å². The van der Waals surface area contributed by atoms with Gasteiger partial charge < -0.3 is 0 Å². The second-order valence-electron chi connectivity index (χ2n) is 7.59. The largest absolute Gasteiger partial charge is 0.272 e. The van der Waals surface area contributed by atoms with E-state index in [1.807, 2.05) is 34.9 Å². The monoisotopic (exact) mass is 356 g/mol. The molecule has 0 N–H and O–H groups in total. The minimum absolute atomic E-state index is 0.691. The van der Waals surface area contributed by atoms with Gasteiger partial charge in [-0.25, -0.2) is 9.97 Å². The van der Waals surface area contributed by atoms with Crippen molar-refractivity contribution in [3.05, 3.63) is 24.2 Å². The maximum absolute atomic E-state index is 4.88. The zero-order valence-corrected chi connectivity index (χ0v) is 16.0. The lowest BCUT2D eigenvalue weighted by Crippen LogP contribution is -2.09. The van der Waals surface area contributed by atoms with Crippen LogP contribution in [0, 0.1) is 5.92 Å². The van der Waals surface area contributed by atoms with Crippen LogP contribution in [0.2, 0.25) is 0 Å². The van der Waals surface area contributed by atoms with Crippen molar-refractivity contribution in [3.63, 3.8) is 0 Å². The van der Waals surface area contributed by atoms with Crippen LogP contribution in [-0.4, -0.2) is 25.0 Å². The summed E-state index contributed by atoms with van der Waals surface area (Å²) in [6.45, 7) is 0. The summed E-state index contributed by atoms with van der Waals surface area (Å²) in [4.78, 5) is 9.41. The maximum Gasteiger partial charge on any atom is 0.188 e. The molecule has 2 saturated carbocycles. The van der Waals surface area contributed by atoms with Crippen LogP contribution in [-0.2, 0) is 13.5 Å². The zero-order chi connectivity index (χ0) is 17.1. The summed E-state index contributed by atoms with van der Waals surface area (Å²) >= 11 is 1.87. The van der Waals surface area contributed by atoms with Gasteiger partial charge in [0.05, 0.1) is 11.9 Å². The first-order chi connectivity index (χ1) is 12.3. The molecule has 0 aromatic carbocycles. The minimum atomic E-state index is 0.691. The Hall–Kier alpha value is -1.36. The third kappa shape index (κ3) is 4.08. The molecule has 2 aromatic heterocycles. The molecule has 2 aromatic rings. The van der Waals surface area contributed by atoms with Crippen molar-refractivity contribution in [2.24, 2.45) is 13.0 Å². The van der Waals surface area contributed by atoms with Gasteiger partial charge in [0.2, 0.25) is 0 Å². The Labute approximate surface area is 154 Å². The molecule has 0 radical (unpaired) electrons. The first-order valence-electron chi connectivity index (χ1n) is 9.80. The van der Waals surface area contributed by atoms with Crippen LogP contribution >= 0.6 is 11.8 Å². The Kier molecular flexibility index (Phi) is 5.39. The van der Waals surface area contributed by atoms with Crippen molar-refractivity contribution >= 4 is 11.8 Å². The number of thioether (sulfide) groups is 1. The summed E-state index contributed by atoms with van der Waals surface area (Å²) in [6.07, 6.45) is 17.2. The van der Waals surface area contributed by atoms with Gasteiger partial charge in [0.25, 0.3) is 0 Å². The number of hydrogen-bond acceptors (Lipinski definition) is 4. The molecule has 0 bridgehead atoms. The van der Waals surface area contributed by atoms with E-state index in [0.717, 1.165) is 23.2 Å². The van der Waals surface area contributed by atoms with Crippen molar-refractivity contribution in [2.45, 2.75) is 74.6 Å². The predicted molar refractivity (Wildman–Crippen MR) is 103 cm³/mol. The van der Waals surface area contributed by atoms with E-state index in [9.17, 15) is 0 Å². The van der Waals surface area contributed by atoms with E-state index in [0.29, 0.717) is 5.25 Å². The van der Waals surface area contributed by atoms with Gasteiger partial charge in [-0.05, 0) is 31.2 Å². The van der Waals surface area contributed by atoms with Crippen LogP contribution in [0.15, 0.2) is 23.6 Å². The molecule has 134 valence electrons. The first kappa shape index (κ1) is 17.1. The number of aromatic nitrogens is 4. The van der Waals surface area contributed by atoms with Crippen molar-refractivity contribution in [1.29, 1.82) is 0 Å². The summed E-state index contributed by atoms with van der Waals surface area (Å²) in [5.41, 5.74) is 3.57. The maximum atomic E-state index is 4.88. The summed E-state index contributed by atoms with van der Waals surface area (Å²) < 4.78 is 2.05. The Morgan fingerprint density at radius 3 is 2.64 bits per heavy atom. The van der Waals surface area contributed by atoms with Gasteiger partial charge in [0.1, 0.15) is 0 Å². The van der Waals surface area contributed by atoms with Crippen molar-refractivity contribution in [2.75, 3.05) is 0 Å². The van der Waals surface area contributed by atoms with Crippen LogP contribution in [0.3, 0.4) is 0 Å². The Morgan fingerprint density at radius 2 is 1.84 bits per heavy atom. The Bertz CT molecular complexity index is 699. The molecule has 0 amide bonds. The van der Waals surface area contributed by atoms with Gasteiger partial charge in [-0.2, -0.15) is 5.10 Å². The van der Waals surface area contributed by atoms with E-state index in [-0.39, 0.29) is 0 Å². The van der Waals surface area contributed by atoms with Crippen LogP contribution < -0.4 is 0 Å². The quantitative estimate of drug-likeness (QED) is 0.704. The summed E-state index contributed by atoms with van der Waals surface area (Å²) in [5, 5.41) is 6.15. The highest BCUT2D eigenvalue weighted by molar-refractivity contribution is 7.99. The van der Waals surface area contributed by atoms with Crippen molar-refractivity contribution in [3.8, 4) is 11.3 Å². The average Bonchev–Trinajstić information content (AvgIpc) is 3.27. The van der Waals surface area contributed by atoms with E-state index in [1.165, 1.54) is 69.0 Å². The van der Waals surface area contributed by atoms with E-state index >= 15 is 0 Å². The fourth-order valence-electron chi connectivity index (χ4n) is 4.29. The van der Waals surface area contributed by atoms with Gasteiger partial charge in [0.15, 0.2) is 5.16 Å². The van der Waals surface area contributed by atoms with E-state index < -0.39 is 0 Å². The van der Waals surface area contributed by atoms with Crippen LogP contribution in [0.25, 0.3) is 11.3 Å². The fourth-order valence-corrected chi connectivity index (χ4v) is 5.43. The molecular weight excluding hydrogens is 328 g/mol. The number of rotatable bonds is 5. The van der Waals surface area contributed by atoms with Gasteiger partial charge in [-0.3, -0.25) is 4.68 Å². The number of nitrogens with zero attached hydrogens (tertiary/aromatic N) is 4. The second-order valence-corrected chi connectivity index (χ2v) is 8.85. The third-order valence-electron chi connectivity index (χ3n) is 5.75. The lowest BCUT2D eigenvalue weighted by atomic mass is 9.98. The Morgan fingerprint density at radius 1 is 1.08 bits per heavy atom. The lowest BCUT2D eigenvalue weighted by Gasteiger charge is -2.20. The van der Waals surface area contributed by atoms with E-state index in [1.54, 1.807) is 0 Å². The summed E-state index contributed by atoms with van der Waals surface area (Å²) in [5.74, 6) is 0.812. The van der Waals surface area contributed by atoms with Crippen molar-refractivity contribution < 1.29 is 0 Å². The standard InChI is InChI=1S/C20H28N4S/c1-24-19(13-15-7-5-6-8-15)17(14-22-24)18-11-12-21-20(23-18)25-16-9-3-2-4-10-16/h11-12,14-16H,2-10,13H2,1H3. The topological polar surface area (TPSA) is 43.6 Å². The molecule has 4 nitrogen and oxygen atoms in total. The van der Waals surface area contributed by atoms with Gasteiger partial charge >= 0.3 is 0 Å². The van der Waals surface area contributed by atoms with Gasteiger partial charge in [-0.1, -0.05) is 56.7 Å². The highest BCUT2D eigenvalue weighted by Gasteiger charge is 2.21. The molecule has 0 saturated heterocycles. The zero-order valence-electron chi connectivity index (χ0n) is 15.2. The van der Waals surface area contributed by atoms with E-state index in [4.69, 9.17) is 4.98 Å². The van der Waals surface area contributed by atoms with Crippen molar-refractivity contribution in [1.82, 2.24) is 19.7 Å². The summed E-state index contributed by atoms with van der Waals surface area (Å²) in [7, 11) is 2.06.